The molecule has 0 radical (unpaired) electrons. The number of rotatable bonds is 6. The number of thiophene rings is 1. The number of carbonyl (C=O) groups excluding carboxylic acids is 1. The fourth-order valence-electron chi connectivity index (χ4n) is 2.92. The quantitative estimate of drug-likeness (QED) is 0.628. The van der Waals surface area contributed by atoms with Gasteiger partial charge in [-0.15, -0.1) is 11.3 Å². The molecule has 0 N–H and O–H groups in total. The molecule has 1 aliphatic rings. The molecule has 5 nitrogen and oxygen atoms in total. The van der Waals surface area contributed by atoms with Crippen LogP contribution in [0.15, 0.2) is 20.1 Å². The van der Waals surface area contributed by atoms with Crippen molar-refractivity contribution in [2.45, 2.75) is 36.6 Å². The Balaban J connectivity index is 2.01. The lowest BCUT2D eigenvalue weighted by molar-refractivity contribution is -0.164. The van der Waals surface area contributed by atoms with E-state index >= 15 is 0 Å². The van der Waals surface area contributed by atoms with Gasteiger partial charge < -0.3 is 4.90 Å². The summed E-state index contributed by atoms with van der Waals surface area (Å²) in [6.07, 6.45) is -3.56. The molecule has 1 amide bonds. The first kappa shape index (κ1) is 21.6. The largest absolute Gasteiger partial charge is 0.406 e. The van der Waals surface area contributed by atoms with Gasteiger partial charge in [-0.1, -0.05) is 6.92 Å². The maximum absolute atomic E-state index is 12.7. The first-order chi connectivity index (χ1) is 12.0. The monoisotopic (exact) mass is 476 g/mol. The molecule has 0 spiro atoms. The van der Waals surface area contributed by atoms with Crippen molar-refractivity contribution in [2.75, 3.05) is 26.2 Å². The molecule has 1 aromatic rings. The van der Waals surface area contributed by atoms with Crippen LogP contribution >= 0.6 is 27.3 Å². The van der Waals surface area contributed by atoms with Crippen LogP contribution in [0.2, 0.25) is 0 Å². The van der Waals surface area contributed by atoms with Crippen LogP contribution in [0.1, 0.15) is 26.2 Å². The molecule has 11 heteroatoms. The molecule has 0 aliphatic carbocycles. The third-order valence-electron chi connectivity index (χ3n) is 4.12. The van der Waals surface area contributed by atoms with E-state index < -0.39 is 34.6 Å². The van der Waals surface area contributed by atoms with Gasteiger partial charge in [0.25, 0.3) is 10.0 Å². The summed E-state index contributed by atoms with van der Waals surface area (Å²) >= 11 is 4.33. The van der Waals surface area contributed by atoms with Gasteiger partial charge in [0.2, 0.25) is 5.91 Å². The molecule has 26 heavy (non-hydrogen) atoms. The van der Waals surface area contributed by atoms with E-state index in [2.05, 4.69) is 15.9 Å². The Hall–Kier alpha value is -0.650. The second-order valence-electron chi connectivity index (χ2n) is 6.11. The average molecular weight is 477 g/mol. The van der Waals surface area contributed by atoms with Gasteiger partial charge in [0.15, 0.2) is 0 Å². The van der Waals surface area contributed by atoms with Crippen molar-refractivity contribution in [3.63, 3.8) is 0 Å². The predicted molar refractivity (Wildman–Crippen MR) is 96.4 cm³/mol. The number of nitrogens with zero attached hydrogens (tertiary/aromatic N) is 2. The second kappa shape index (κ2) is 8.57. The van der Waals surface area contributed by atoms with Crippen molar-refractivity contribution in [1.29, 1.82) is 0 Å². The van der Waals surface area contributed by atoms with E-state index in [1.54, 1.807) is 13.0 Å². The summed E-state index contributed by atoms with van der Waals surface area (Å²) in [5.74, 6) is -1.12. The zero-order chi connectivity index (χ0) is 19.5. The molecule has 0 atom stereocenters. The number of alkyl halides is 3. The van der Waals surface area contributed by atoms with Crippen LogP contribution < -0.4 is 0 Å². The molecule has 1 aromatic heterocycles. The van der Waals surface area contributed by atoms with Gasteiger partial charge in [0, 0.05) is 25.6 Å². The normalized spacial score (nSPS) is 17.4. The number of hydrogen-bond donors (Lipinski definition) is 0. The van der Waals surface area contributed by atoms with Gasteiger partial charge in [-0.2, -0.15) is 17.5 Å². The second-order valence-corrected chi connectivity index (χ2v) is 10.7. The van der Waals surface area contributed by atoms with Crippen molar-refractivity contribution < 1.29 is 26.4 Å². The number of hydrogen-bond acceptors (Lipinski definition) is 4. The lowest BCUT2D eigenvalue weighted by atomic mass is 9.96. The molecule has 0 unspecified atom stereocenters. The smallest absolute Gasteiger partial charge is 0.333 e. The van der Waals surface area contributed by atoms with Gasteiger partial charge in [-0.25, -0.2) is 8.42 Å². The van der Waals surface area contributed by atoms with Gasteiger partial charge in [-0.05, 0) is 47.3 Å². The first-order valence-electron chi connectivity index (χ1n) is 8.15. The van der Waals surface area contributed by atoms with E-state index in [1.807, 2.05) is 0 Å². The fourth-order valence-corrected chi connectivity index (χ4v) is 6.55. The van der Waals surface area contributed by atoms with Crippen LogP contribution in [0, 0.1) is 5.92 Å². The number of amides is 1. The highest BCUT2D eigenvalue weighted by Gasteiger charge is 2.38. The maximum atomic E-state index is 12.7. The lowest BCUT2D eigenvalue weighted by Crippen LogP contribution is -2.46. The Morgan fingerprint density at radius 1 is 1.35 bits per heavy atom. The topological polar surface area (TPSA) is 57.7 Å². The summed E-state index contributed by atoms with van der Waals surface area (Å²) in [5, 5.41) is 0. The molecule has 1 saturated heterocycles. The summed E-state index contributed by atoms with van der Waals surface area (Å²) in [6.45, 7) is 0.743. The predicted octanol–water partition coefficient (Wildman–Crippen LogP) is 3.71. The van der Waals surface area contributed by atoms with E-state index in [1.165, 1.54) is 10.4 Å². The summed E-state index contributed by atoms with van der Waals surface area (Å²) < 4.78 is 65.4. The van der Waals surface area contributed by atoms with Crippen LogP contribution in [0.5, 0.6) is 0 Å². The minimum absolute atomic E-state index is 0.0417. The molecule has 0 bridgehead atoms. The van der Waals surface area contributed by atoms with Crippen LogP contribution in [0.4, 0.5) is 13.2 Å². The van der Waals surface area contributed by atoms with Crippen molar-refractivity contribution >= 4 is 43.2 Å². The van der Waals surface area contributed by atoms with E-state index in [9.17, 15) is 26.4 Å². The van der Waals surface area contributed by atoms with Gasteiger partial charge in [0.1, 0.15) is 10.8 Å². The summed E-state index contributed by atoms with van der Waals surface area (Å²) in [7, 11) is -3.63. The highest BCUT2D eigenvalue weighted by molar-refractivity contribution is 9.11. The molecule has 0 saturated carbocycles. The van der Waals surface area contributed by atoms with Gasteiger partial charge in [-0.3, -0.25) is 4.79 Å². The van der Waals surface area contributed by atoms with Crippen LogP contribution in [-0.2, 0) is 14.8 Å². The first-order valence-corrected chi connectivity index (χ1v) is 11.2. The van der Waals surface area contributed by atoms with E-state index in [-0.39, 0.29) is 36.7 Å². The highest BCUT2D eigenvalue weighted by atomic mass is 79.9. The Labute approximate surface area is 163 Å². The summed E-state index contributed by atoms with van der Waals surface area (Å²) in [4.78, 5) is 13.3. The Morgan fingerprint density at radius 3 is 2.42 bits per heavy atom. The zero-order valence-electron chi connectivity index (χ0n) is 14.1. The highest BCUT2D eigenvalue weighted by Crippen LogP contribution is 2.31. The summed E-state index contributed by atoms with van der Waals surface area (Å²) in [6, 6.07) is 3.15. The van der Waals surface area contributed by atoms with Crippen LogP contribution in [0.3, 0.4) is 0 Å². The molecule has 2 heterocycles. The van der Waals surface area contributed by atoms with E-state index in [0.717, 1.165) is 16.2 Å². The SMILES string of the molecule is CCCN(CC(F)(F)F)C(=O)C1CCN(S(=O)(=O)c2ccc(Br)s2)CC1. The molecular weight excluding hydrogens is 457 g/mol. The Bertz CT molecular complexity index is 729. The number of carbonyl (C=O) groups is 1. The third-order valence-corrected chi connectivity index (χ3v) is 8.11. The van der Waals surface area contributed by atoms with Crippen molar-refractivity contribution in [2.24, 2.45) is 5.92 Å². The number of sulfonamides is 1. The summed E-state index contributed by atoms with van der Waals surface area (Å²) in [5.41, 5.74) is 0. The molecule has 2 rings (SSSR count). The van der Waals surface area contributed by atoms with Gasteiger partial charge >= 0.3 is 6.18 Å². The average Bonchev–Trinajstić information content (AvgIpc) is 3.00. The van der Waals surface area contributed by atoms with Crippen molar-refractivity contribution in [3.8, 4) is 0 Å². The van der Waals surface area contributed by atoms with Crippen molar-refractivity contribution in [1.82, 2.24) is 9.21 Å². The Kier molecular flexibility index (Phi) is 7.14. The Morgan fingerprint density at radius 2 is 1.96 bits per heavy atom. The zero-order valence-corrected chi connectivity index (χ0v) is 17.3. The van der Waals surface area contributed by atoms with Gasteiger partial charge in [0.05, 0.1) is 3.79 Å². The minimum atomic E-state index is -4.44. The molecule has 1 fully saturated rings. The number of piperidine rings is 1. The fraction of sp³-hybridized carbons (Fsp3) is 0.667. The van der Waals surface area contributed by atoms with Crippen LogP contribution in [-0.4, -0.2) is 55.9 Å². The van der Waals surface area contributed by atoms with E-state index in [0.29, 0.717) is 10.2 Å². The number of halogens is 4. The lowest BCUT2D eigenvalue weighted by Gasteiger charge is -2.33. The third kappa shape index (κ3) is 5.43. The maximum Gasteiger partial charge on any atom is 0.406 e. The van der Waals surface area contributed by atoms with Crippen molar-refractivity contribution in [3.05, 3.63) is 15.9 Å². The van der Waals surface area contributed by atoms with Crippen LogP contribution in [0.25, 0.3) is 0 Å². The minimum Gasteiger partial charge on any atom is -0.333 e. The van der Waals surface area contributed by atoms with E-state index in [4.69, 9.17) is 0 Å². The molecular formula is C15H20BrF3N2O3S2. The standard InChI is InChI=1S/C15H20BrF3N2O3S2/c1-2-7-20(10-15(17,18)19)14(22)11-5-8-21(9-6-11)26(23,24)13-4-3-12(16)25-13/h3-4,11H,2,5-10H2,1H3. The molecule has 148 valence electrons. The molecule has 1 aliphatic heterocycles. The molecule has 0 aromatic carbocycles.